The molecule has 2 atom stereocenters. The lowest BCUT2D eigenvalue weighted by molar-refractivity contribution is -0.147. The smallest absolute Gasteiger partial charge is 0.306 e. The normalized spacial score (nSPS) is 12.3. The second-order valence-electron chi connectivity index (χ2n) is 20.7. The minimum absolute atomic E-state index is 0.0295. The molecule has 0 bridgehead atoms. The predicted molar refractivity (Wildman–Crippen MR) is 318 cm³/mol. The van der Waals surface area contributed by atoms with Gasteiger partial charge in [0.1, 0.15) is 42.8 Å². The number of unbranched alkanes of at least 4 members (excludes halogenated alkanes) is 22. The largest absolute Gasteiger partial charge is 0.463 e. The van der Waals surface area contributed by atoms with Crippen LogP contribution in [-0.2, 0) is 42.9 Å². The van der Waals surface area contributed by atoms with Gasteiger partial charge in [-0.25, -0.2) is 0 Å². The third kappa shape index (κ3) is 35.3. The summed E-state index contributed by atoms with van der Waals surface area (Å²) in [6, 6.07) is 10.00. The van der Waals surface area contributed by atoms with E-state index in [0.29, 0.717) is 79.1 Å². The highest BCUT2D eigenvalue weighted by Gasteiger charge is 2.17. The van der Waals surface area contributed by atoms with Gasteiger partial charge in [-0.1, -0.05) is 167 Å². The molecular weight excluding hydrogens is 1010 g/mol. The predicted octanol–water partition coefficient (Wildman–Crippen LogP) is 16.2. The van der Waals surface area contributed by atoms with Gasteiger partial charge in [-0.3, -0.25) is 9.59 Å². The average Bonchev–Trinajstić information content (AvgIpc) is 3.81. The van der Waals surface area contributed by atoms with Crippen molar-refractivity contribution in [2.75, 3.05) is 70.8 Å². The summed E-state index contributed by atoms with van der Waals surface area (Å²) in [6.07, 6.45) is 41.8. The molecule has 0 saturated heterocycles. The number of thiophene rings is 1. The molecule has 0 N–H and O–H groups in total. The molecule has 0 fully saturated rings. The van der Waals surface area contributed by atoms with E-state index in [0.717, 1.165) is 60.8 Å². The SMILES string of the molecule is CCCCCCCCCCC/C=C/CC(C=O)CC(=O)OCCOCCOCCN(CCOCCOC(=O)CC(C=O)C/C=C/CCCCCCCCCCCCCCC)c1ccc(/N=N/c2sc(C#N)c(C)c2C#N)c(C)c1. The molecule has 1 heterocycles. The number of rotatable bonds is 52. The quantitative estimate of drug-likeness (QED) is 0.0201. The number of benzene rings is 1. The van der Waals surface area contributed by atoms with Crippen molar-refractivity contribution >= 4 is 52.2 Å². The van der Waals surface area contributed by atoms with Gasteiger partial charge in [0, 0.05) is 30.6 Å². The summed E-state index contributed by atoms with van der Waals surface area (Å²) >= 11 is 1.14. The van der Waals surface area contributed by atoms with Crippen LogP contribution in [0.2, 0.25) is 0 Å². The zero-order chi connectivity index (χ0) is 57.2. The molecule has 2 unspecified atom stereocenters. The molecule has 0 saturated carbocycles. The monoisotopic (exact) mass is 1110 g/mol. The molecule has 0 radical (unpaired) electrons. The van der Waals surface area contributed by atoms with Crippen LogP contribution in [0, 0.1) is 48.3 Å². The Balaban J connectivity index is 1.74. The van der Waals surface area contributed by atoms with Gasteiger partial charge in [-0.2, -0.15) is 10.5 Å². The maximum atomic E-state index is 12.6. The Labute approximate surface area is 480 Å². The molecule has 2 rings (SSSR count). The molecule has 2 aromatic rings. The number of ether oxygens (including phenoxy) is 5. The number of esters is 2. The summed E-state index contributed by atoms with van der Waals surface area (Å²) in [4.78, 5) is 50.9. The Morgan fingerprint density at radius 1 is 0.570 bits per heavy atom. The van der Waals surface area contributed by atoms with Gasteiger partial charge in [0.2, 0.25) is 0 Å². The summed E-state index contributed by atoms with van der Waals surface area (Å²) in [7, 11) is 0. The van der Waals surface area contributed by atoms with Crippen molar-refractivity contribution in [1.29, 1.82) is 10.5 Å². The van der Waals surface area contributed by atoms with E-state index in [2.05, 4.69) is 53.3 Å². The molecule has 0 aliphatic carbocycles. The molecule has 15 heteroatoms. The lowest BCUT2D eigenvalue weighted by Gasteiger charge is -2.25. The highest BCUT2D eigenvalue weighted by atomic mass is 32.1. The van der Waals surface area contributed by atoms with E-state index < -0.39 is 23.8 Å². The number of hydrogen-bond donors (Lipinski definition) is 0. The van der Waals surface area contributed by atoms with Crippen LogP contribution in [0.4, 0.5) is 16.4 Å². The lowest BCUT2D eigenvalue weighted by atomic mass is 10.0. The van der Waals surface area contributed by atoms with Gasteiger partial charge < -0.3 is 38.2 Å². The van der Waals surface area contributed by atoms with Crippen molar-refractivity contribution in [2.45, 2.75) is 207 Å². The number of nitriles is 2. The van der Waals surface area contributed by atoms with Crippen LogP contribution in [0.15, 0.2) is 52.7 Å². The lowest BCUT2D eigenvalue weighted by Crippen LogP contribution is -2.31. The van der Waals surface area contributed by atoms with Crippen LogP contribution >= 0.6 is 11.3 Å². The standard InChI is InChI=1S/C64H99N5O9S/c1-5-7-9-11-13-15-17-19-20-21-22-24-26-28-30-31-33-56(52-70)48-62(72)77-45-43-75-40-38-69(58-35-36-60(54(3)47-58)67-68-64-59(50-65)55(4)61(51-66)79-64)37-39-74-41-42-76-44-46-78-63(73)49-57(53-71)34-32-29-27-25-23-18-16-14-12-10-8-6-2/h29-32,35-36,47,52-53,56-57H,5-28,33-34,37-46,48-49H2,1-4H3/b31-30+,32-29+,68-67+. The highest BCUT2D eigenvalue weighted by Crippen LogP contribution is 2.36. The highest BCUT2D eigenvalue weighted by molar-refractivity contribution is 7.16. The Morgan fingerprint density at radius 2 is 1.00 bits per heavy atom. The maximum Gasteiger partial charge on any atom is 0.306 e. The Morgan fingerprint density at radius 3 is 1.42 bits per heavy atom. The number of aldehydes is 2. The molecule has 440 valence electrons. The van der Waals surface area contributed by atoms with Crippen LogP contribution < -0.4 is 4.90 Å². The number of hydrogen-bond acceptors (Lipinski definition) is 15. The molecule has 0 spiro atoms. The number of azo groups is 1. The molecule has 14 nitrogen and oxygen atoms in total. The Bertz CT molecular complexity index is 2110. The summed E-state index contributed by atoms with van der Waals surface area (Å²) in [6.45, 7) is 11.1. The average molecular weight is 1110 g/mol. The fraction of sp³-hybridized carbons (Fsp3) is 0.688. The van der Waals surface area contributed by atoms with Crippen molar-refractivity contribution in [2.24, 2.45) is 22.1 Å². The van der Waals surface area contributed by atoms with Gasteiger partial charge in [0.15, 0.2) is 5.00 Å². The summed E-state index contributed by atoms with van der Waals surface area (Å²) < 4.78 is 28.2. The van der Waals surface area contributed by atoms with Crippen LogP contribution in [0.3, 0.4) is 0 Å². The van der Waals surface area contributed by atoms with Crippen molar-refractivity contribution in [3.63, 3.8) is 0 Å². The first kappa shape index (κ1) is 70.0. The number of aryl methyl sites for hydroxylation is 1. The van der Waals surface area contributed by atoms with E-state index in [9.17, 15) is 29.7 Å². The molecule has 79 heavy (non-hydrogen) atoms. The molecular formula is C64H99N5O9S. The van der Waals surface area contributed by atoms with E-state index in [1.54, 1.807) is 6.92 Å². The first-order chi connectivity index (χ1) is 38.7. The third-order valence-corrected chi connectivity index (χ3v) is 15.0. The second-order valence-corrected chi connectivity index (χ2v) is 21.7. The number of allylic oxidation sites excluding steroid dienone is 4. The summed E-state index contributed by atoms with van der Waals surface area (Å²) in [5.41, 5.74) is 3.29. The number of anilines is 1. The van der Waals surface area contributed by atoms with E-state index in [4.69, 9.17) is 23.7 Å². The van der Waals surface area contributed by atoms with E-state index >= 15 is 0 Å². The van der Waals surface area contributed by atoms with Crippen molar-refractivity contribution in [1.82, 2.24) is 0 Å². The zero-order valence-electron chi connectivity index (χ0n) is 49.0. The minimum atomic E-state index is -0.424. The second kappa shape index (κ2) is 48.8. The number of nitrogens with zero attached hydrogens (tertiary/aromatic N) is 5. The minimum Gasteiger partial charge on any atom is -0.463 e. The van der Waals surface area contributed by atoms with Gasteiger partial charge in [-0.15, -0.1) is 21.6 Å². The first-order valence-corrected chi connectivity index (χ1v) is 31.0. The van der Waals surface area contributed by atoms with E-state index in [-0.39, 0.29) is 39.3 Å². The topological polar surface area (TPSA) is 190 Å². The third-order valence-electron chi connectivity index (χ3n) is 13.9. The van der Waals surface area contributed by atoms with Crippen LogP contribution in [0.5, 0.6) is 0 Å². The van der Waals surface area contributed by atoms with Gasteiger partial charge in [0.25, 0.3) is 0 Å². The molecule has 1 aromatic carbocycles. The Kier molecular flexibility index (Phi) is 43.3. The molecule has 0 aliphatic heterocycles. The van der Waals surface area contributed by atoms with Crippen molar-refractivity contribution < 1.29 is 42.9 Å². The first-order valence-electron chi connectivity index (χ1n) is 30.2. The van der Waals surface area contributed by atoms with Crippen LogP contribution in [-0.4, -0.2) is 90.5 Å². The number of carbonyl (C=O) groups excluding carboxylic acids is 4. The van der Waals surface area contributed by atoms with Crippen LogP contribution in [0.25, 0.3) is 0 Å². The van der Waals surface area contributed by atoms with E-state index in [1.807, 2.05) is 37.3 Å². The summed E-state index contributed by atoms with van der Waals surface area (Å²) in [5, 5.41) is 28.2. The zero-order valence-corrected chi connectivity index (χ0v) is 49.9. The molecule has 0 amide bonds. The van der Waals surface area contributed by atoms with Crippen molar-refractivity contribution in [3.05, 3.63) is 64.1 Å². The van der Waals surface area contributed by atoms with Gasteiger partial charge >= 0.3 is 11.9 Å². The van der Waals surface area contributed by atoms with Gasteiger partial charge in [-0.05, 0) is 81.7 Å². The van der Waals surface area contributed by atoms with Crippen molar-refractivity contribution in [3.8, 4) is 12.1 Å². The van der Waals surface area contributed by atoms with Gasteiger partial charge in [0.05, 0.1) is 63.7 Å². The maximum absolute atomic E-state index is 12.6. The molecule has 1 aromatic heterocycles. The van der Waals surface area contributed by atoms with E-state index in [1.165, 1.54) is 128 Å². The summed E-state index contributed by atoms with van der Waals surface area (Å²) in [5.74, 6) is -1.67. The Hall–Kier alpha value is -5.06. The molecule has 0 aliphatic rings. The fourth-order valence-electron chi connectivity index (χ4n) is 8.98. The number of carbonyl (C=O) groups is 4. The fourth-order valence-corrected chi connectivity index (χ4v) is 9.85. The van der Waals surface area contributed by atoms with Crippen LogP contribution in [0.1, 0.15) is 215 Å².